The Morgan fingerprint density at radius 1 is 1.14 bits per heavy atom. The molecule has 8 heteroatoms. The summed E-state index contributed by atoms with van der Waals surface area (Å²) in [6.07, 6.45) is -2.36. The number of rotatable bonds is 8. The van der Waals surface area contributed by atoms with Gasteiger partial charge in [-0.2, -0.15) is 0 Å². The molecular formula is C28H29FNO5P. The van der Waals surface area contributed by atoms with Crippen LogP contribution in [0.2, 0.25) is 0 Å². The van der Waals surface area contributed by atoms with Crippen molar-refractivity contribution in [1.29, 1.82) is 0 Å². The molecule has 188 valence electrons. The van der Waals surface area contributed by atoms with Crippen LogP contribution in [0.25, 0.3) is 22.4 Å². The Balaban J connectivity index is 2.24. The number of aliphatic carboxylic acids is 1. The fourth-order valence-corrected chi connectivity index (χ4v) is 5.12. The highest BCUT2D eigenvalue weighted by atomic mass is 31.2. The van der Waals surface area contributed by atoms with Crippen LogP contribution in [0.4, 0.5) is 4.39 Å². The number of carboxylic acids is 1. The van der Waals surface area contributed by atoms with Gasteiger partial charge in [0.05, 0.1) is 35.6 Å². The van der Waals surface area contributed by atoms with E-state index in [1.165, 1.54) is 19.2 Å². The first-order valence-electron chi connectivity index (χ1n) is 11.5. The zero-order valence-electron chi connectivity index (χ0n) is 20.7. The predicted octanol–water partition coefficient (Wildman–Crippen LogP) is 6.06. The zero-order chi connectivity index (χ0) is 26.5. The molecule has 0 bridgehead atoms. The van der Waals surface area contributed by atoms with Crippen LogP contribution in [0.1, 0.15) is 43.0 Å². The Hall–Kier alpha value is -3.30. The number of aliphatic hydroxyl groups is 1. The average molecular weight is 510 g/mol. The highest BCUT2D eigenvalue weighted by Gasteiger charge is 2.26. The number of aromatic nitrogens is 1. The molecule has 0 aliphatic rings. The highest BCUT2D eigenvalue weighted by Crippen LogP contribution is 2.46. The van der Waals surface area contributed by atoms with Gasteiger partial charge in [-0.1, -0.05) is 56.2 Å². The zero-order valence-corrected chi connectivity index (χ0v) is 21.6. The maximum atomic E-state index is 13.7. The molecule has 2 N–H and O–H groups in total. The van der Waals surface area contributed by atoms with Gasteiger partial charge in [0, 0.05) is 18.2 Å². The topological polar surface area (TPSA) is 96.7 Å². The lowest BCUT2D eigenvalue weighted by Crippen LogP contribution is -2.17. The number of aryl methyl sites for hydroxylation is 1. The minimum atomic E-state index is -3.69. The number of benzene rings is 2. The first kappa shape index (κ1) is 27.3. The Morgan fingerprint density at radius 2 is 1.81 bits per heavy atom. The van der Waals surface area contributed by atoms with E-state index in [0.29, 0.717) is 22.4 Å². The molecule has 2 atom stereocenters. The van der Waals surface area contributed by atoms with Crippen molar-refractivity contribution in [3.05, 3.63) is 77.2 Å². The molecule has 6 nitrogen and oxygen atoms in total. The Kier molecular flexibility index (Phi) is 8.81. The number of halogens is 1. The summed E-state index contributed by atoms with van der Waals surface area (Å²) in [5.74, 6) is 1.32. The van der Waals surface area contributed by atoms with Gasteiger partial charge >= 0.3 is 5.97 Å². The molecule has 0 fully saturated rings. The Morgan fingerprint density at radius 3 is 2.39 bits per heavy atom. The van der Waals surface area contributed by atoms with Crippen molar-refractivity contribution in [2.45, 2.75) is 39.2 Å². The van der Waals surface area contributed by atoms with E-state index in [-0.39, 0.29) is 11.7 Å². The van der Waals surface area contributed by atoms with Crippen molar-refractivity contribution in [3.8, 4) is 34.0 Å². The van der Waals surface area contributed by atoms with Crippen LogP contribution in [0, 0.1) is 24.3 Å². The standard InChI is InChI=1S/C28H29FNO5P/c1-18(2)28-24(13-14-36(34,35-4)17-22(31)15-27(32)33)25(20-9-11-21(29)12-10-20)16-26(30-28)23-8-6-5-7-19(23)3/h5-12,16,18,22,31H,15,17H2,1-4H3,(H,32,33)/t22-,36?/m0/s1. The number of aliphatic hydroxyl groups excluding tert-OH is 1. The van der Waals surface area contributed by atoms with Crippen molar-refractivity contribution >= 4 is 13.3 Å². The number of nitrogens with zero attached hydrogens (tertiary/aromatic N) is 1. The van der Waals surface area contributed by atoms with E-state index in [1.54, 1.807) is 12.1 Å². The van der Waals surface area contributed by atoms with Gasteiger partial charge in [-0.25, -0.2) is 4.39 Å². The third-order valence-corrected chi connectivity index (χ3v) is 7.62. The largest absolute Gasteiger partial charge is 0.481 e. The van der Waals surface area contributed by atoms with Crippen LogP contribution in [-0.4, -0.2) is 40.5 Å². The molecule has 1 heterocycles. The number of carbonyl (C=O) groups is 1. The highest BCUT2D eigenvalue weighted by molar-refractivity contribution is 7.64. The molecule has 0 saturated heterocycles. The van der Waals surface area contributed by atoms with E-state index in [0.717, 1.165) is 16.8 Å². The molecule has 0 aliphatic carbocycles. The number of carboxylic acid groups (broad SMARTS) is 1. The first-order chi connectivity index (χ1) is 17.0. The third kappa shape index (κ3) is 6.67. The van der Waals surface area contributed by atoms with Crippen LogP contribution in [-0.2, 0) is 13.9 Å². The second-order valence-corrected chi connectivity index (χ2v) is 11.1. The summed E-state index contributed by atoms with van der Waals surface area (Å²) in [6, 6.07) is 15.7. The molecule has 0 saturated carbocycles. The molecule has 0 amide bonds. The number of hydrogen-bond acceptors (Lipinski definition) is 5. The van der Waals surface area contributed by atoms with Crippen LogP contribution >= 0.6 is 7.37 Å². The minimum Gasteiger partial charge on any atom is -0.481 e. The summed E-state index contributed by atoms with van der Waals surface area (Å²) in [6.45, 7) is 5.93. The summed E-state index contributed by atoms with van der Waals surface area (Å²) < 4.78 is 32.1. The van der Waals surface area contributed by atoms with Crippen molar-refractivity contribution < 1.29 is 28.5 Å². The van der Waals surface area contributed by atoms with Gasteiger partial charge in [0.2, 0.25) is 0 Å². The fraction of sp³-hybridized carbons (Fsp3) is 0.286. The molecule has 1 unspecified atom stereocenters. The van der Waals surface area contributed by atoms with Gasteiger partial charge in [-0.15, -0.1) is 0 Å². The Bertz CT molecular complexity index is 1360. The molecule has 1 aromatic heterocycles. The van der Waals surface area contributed by atoms with E-state index in [1.807, 2.05) is 51.1 Å². The van der Waals surface area contributed by atoms with E-state index in [2.05, 4.69) is 11.6 Å². The SMILES string of the molecule is COP(=O)(C#Cc1c(-c2ccc(F)cc2)cc(-c2ccccc2C)nc1C(C)C)C[C@@H](O)CC(=O)O. The lowest BCUT2D eigenvalue weighted by atomic mass is 9.92. The minimum absolute atomic E-state index is 0.0583. The van der Waals surface area contributed by atoms with Gasteiger partial charge in [0.25, 0.3) is 7.37 Å². The van der Waals surface area contributed by atoms with Crippen molar-refractivity contribution in [1.82, 2.24) is 4.98 Å². The second kappa shape index (κ2) is 11.6. The normalized spacial score (nSPS) is 13.5. The van der Waals surface area contributed by atoms with Crippen molar-refractivity contribution in [2.24, 2.45) is 0 Å². The van der Waals surface area contributed by atoms with Crippen LogP contribution < -0.4 is 0 Å². The monoisotopic (exact) mass is 509 g/mol. The smallest absolute Gasteiger partial charge is 0.305 e. The van der Waals surface area contributed by atoms with E-state index in [9.17, 15) is 18.9 Å². The summed E-state index contributed by atoms with van der Waals surface area (Å²) >= 11 is 0. The lowest BCUT2D eigenvalue weighted by molar-refractivity contribution is -0.138. The molecule has 3 aromatic rings. The summed E-state index contributed by atoms with van der Waals surface area (Å²) in [5, 5.41) is 18.9. The first-order valence-corrected chi connectivity index (χ1v) is 13.3. The van der Waals surface area contributed by atoms with Gasteiger partial charge in [0.1, 0.15) is 5.82 Å². The molecule has 0 radical (unpaired) electrons. The predicted molar refractivity (Wildman–Crippen MR) is 139 cm³/mol. The number of pyridine rings is 1. The Labute approximate surface area is 210 Å². The van der Waals surface area contributed by atoms with Crippen LogP contribution in [0.5, 0.6) is 0 Å². The molecule has 2 aromatic carbocycles. The van der Waals surface area contributed by atoms with Crippen LogP contribution in [0.15, 0.2) is 54.6 Å². The molecule has 0 aliphatic heterocycles. The lowest BCUT2D eigenvalue weighted by Gasteiger charge is -2.17. The van der Waals surface area contributed by atoms with Gasteiger partial charge in [-0.3, -0.25) is 14.3 Å². The van der Waals surface area contributed by atoms with Gasteiger partial charge < -0.3 is 14.7 Å². The summed E-state index contributed by atoms with van der Waals surface area (Å²) in [7, 11) is -2.47. The van der Waals surface area contributed by atoms with E-state index >= 15 is 0 Å². The molecule has 0 spiro atoms. The second-order valence-electron chi connectivity index (χ2n) is 8.82. The summed E-state index contributed by atoms with van der Waals surface area (Å²) in [4.78, 5) is 15.8. The summed E-state index contributed by atoms with van der Waals surface area (Å²) in [5.41, 5.74) is 7.96. The van der Waals surface area contributed by atoms with Crippen molar-refractivity contribution in [2.75, 3.05) is 13.3 Å². The maximum absolute atomic E-state index is 13.7. The molecule has 3 rings (SSSR count). The number of hydrogen-bond donors (Lipinski definition) is 2. The van der Waals surface area contributed by atoms with Crippen molar-refractivity contribution in [3.63, 3.8) is 0 Å². The fourth-order valence-electron chi connectivity index (χ4n) is 3.82. The van der Waals surface area contributed by atoms with Gasteiger partial charge in [0.15, 0.2) is 0 Å². The van der Waals surface area contributed by atoms with E-state index in [4.69, 9.17) is 14.6 Å². The van der Waals surface area contributed by atoms with E-state index < -0.39 is 32.0 Å². The third-order valence-electron chi connectivity index (χ3n) is 5.68. The van der Waals surface area contributed by atoms with Crippen LogP contribution in [0.3, 0.4) is 0 Å². The maximum Gasteiger partial charge on any atom is 0.305 e. The molecular weight excluding hydrogens is 480 g/mol. The quantitative estimate of drug-likeness (QED) is 0.283. The molecule has 36 heavy (non-hydrogen) atoms. The van der Waals surface area contributed by atoms with Gasteiger partial charge in [-0.05, 0) is 47.8 Å². The average Bonchev–Trinajstić information content (AvgIpc) is 2.82.